The van der Waals surface area contributed by atoms with E-state index >= 15 is 0 Å². The van der Waals surface area contributed by atoms with Crippen LogP contribution in [-0.4, -0.2) is 56.1 Å². The van der Waals surface area contributed by atoms with E-state index < -0.39 is 5.97 Å². The van der Waals surface area contributed by atoms with Crippen LogP contribution in [0.3, 0.4) is 0 Å². The lowest BCUT2D eigenvalue weighted by Crippen LogP contribution is -2.53. The van der Waals surface area contributed by atoms with Crippen molar-refractivity contribution in [1.29, 1.82) is 0 Å². The number of piperazine rings is 1. The summed E-state index contributed by atoms with van der Waals surface area (Å²) in [6.07, 6.45) is 0. The molecule has 1 saturated heterocycles. The number of esters is 1. The van der Waals surface area contributed by atoms with Gasteiger partial charge in [0.05, 0.1) is 13.7 Å². The number of ether oxygens (including phenoxy) is 1. The lowest BCUT2D eigenvalue weighted by atomic mass is 10.0. The Kier molecular flexibility index (Phi) is 7.34. The van der Waals surface area contributed by atoms with Crippen molar-refractivity contribution in [3.05, 3.63) is 70.6 Å². The third-order valence-electron chi connectivity index (χ3n) is 6.24. The highest BCUT2D eigenvalue weighted by Crippen LogP contribution is 2.36. The molecule has 0 spiro atoms. The van der Waals surface area contributed by atoms with Crippen LogP contribution < -0.4 is 10.2 Å². The highest BCUT2D eigenvalue weighted by atomic mass is 32.1. The highest BCUT2D eigenvalue weighted by molar-refractivity contribution is 7.15. The molecule has 1 aliphatic rings. The first kappa shape index (κ1) is 24.0. The van der Waals surface area contributed by atoms with Gasteiger partial charge in [0.2, 0.25) is 5.91 Å². The van der Waals surface area contributed by atoms with Crippen molar-refractivity contribution in [2.75, 3.05) is 43.5 Å². The molecule has 1 fully saturated rings. The Morgan fingerprint density at radius 2 is 1.68 bits per heavy atom. The number of rotatable bonds is 6. The molecule has 1 atom stereocenters. The third-order valence-corrected chi connectivity index (χ3v) is 7.14. The van der Waals surface area contributed by atoms with Crippen molar-refractivity contribution >= 4 is 33.9 Å². The van der Waals surface area contributed by atoms with Crippen molar-refractivity contribution in [3.63, 3.8) is 0 Å². The topological polar surface area (TPSA) is 61.9 Å². The first-order valence-electron chi connectivity index (χ1n) is 11.5. The maximum Gasteiger partial charge on any atom is 0.341 e. The molecule has 4 rings (SSSR count). The Hall–Kier alpha value is -3.16. The molecule has 1 aromatic heterocycles. The summed E-state index contributed by atoms with van der Waals surface area (Å²) in [6, 6.07) is 16.8. The fourth-order valence-electron chi connectivity index (χ4n) is 4.37. The van der Waals surface area contributed by atoms with Crippen LogP contribution in [0.25, 0.3) is 11.1 Å². The van der Waals surface area contributed by atoms with E-state index in [9.17, 15) is 9.59 Å². The first-order chi connectivity index (χ1) is 16.4. The van der Waals surface area contributed by atoms with Crippen LogP contribution in [0.4, 0.5) is 10.7 Å². The van der Waals surface area contributed by atoms with E-state index in [0.29, 0.717) is 16.6 Å². The van der Waals surface area contributed by atoms with Gasteiger partial charge in [-0.05, 0) is 38.5 Å². The average Bonchev–Trinajstić information content (AvgIpc) is 3.23. The zero-order valence-electron chi connectivity index (χ0n) is 20.1. The zero-order valence-corrected chi connectivity index (χ0v) is 20.9. The molecule has 2 aromatic carbocycles. The quantitative estimate of drug-likeness (QED) is 0.508. The summed E-state index contributed by atoms with van der Waals surface area (Å²) in [4.78, 5) is 30.0. The van der Waals surface area contributed by atoms with Crippen molar-refractivity contribution < 1.29 is 14.3 Å². The second kappa shape index (κ2) is 10.4. The number of hydrogen-bond donors (Lipinski definition) is 1. The third kappa shape index (κ3) is 5.32. The summed E-state index contributed by atoms with van der Waals surface area (Å²) in [5.41, 5.74) is 5.70. The summed E-state index contributed by atoms with van der Waals surface area (Å²) < 4.78 is 5.03. The van der Waals surface area contributed by atoms with Crippen LogP contribution in [0.2, 0.25) is 0 Å². The molecular weight excluding hydrogens is 446 g/mol. The van der Waals surface area contributed by atoms with Gasteiger partial charge in [-0.25, -0.2) is 4.79 Å². The van der Waals surface area contributed by atoms with Gasteiger partial charge in [0.25, 0.3) is 0 Å². The summed E-state index contributed by atoms with van der Waals surface area (Å²) in [5.74, 6) is -0.578. The number of aryl methyl sites for hydroxylation is 2. The Balaban J connectivity index is 1.42. The largest absolute Gasteiger partial charge is 0.465 e. The standard InChI is InChI=1S/C27H31N3O3S/c1-18-5-9-21(10-6-18)23-17-34-26(25(23)27(32)33-4)28-24(31)16-29-13-14-30(20(3)15-29)22-11-7-19(2)8-12-22/h5-12,17,20H,13-16H2,1-4H3,(H,28,31). The van der Waals surface area contributed by atoms with Gasteiger partial charge in [-0.1, -0.05) is 47.5 Å². The smallest absolute Gasteiger partial charge is 0.341 e. The van der Waals surface area contributed by atoms with Crippen molar-refractivity contribution in [2.45, 2.75) is 26.8 Å². The van der Waals surface area contributed by atoms with Crippen LogP contribution in [-0.2, 0) is 9.53 Å². The molecule has 1 N–H and O–H groups in total. The predicted molar refractivity (Wildman–Crippen MR) is 139 cm³/mol. The van der Waals surface area contributed by atoms with Crippen molar-refractivity contribution in [3.8, 4) is 11.1 Å². The molecule has 0 radical (unpaired) electrons. The van der Waals surface area contributed by atoms with E-state index in [1.165, 1.54) is 29.7 Å². The van der Waals surface area contributed by atoms with Gasteiger partial charge in [-0.15, -0.1) is 11.3 Å². The van der Waals surface area contributed by atoms with Crippen LogP contribution >= 0.6 is 11.3 Å². The van der Waals surface area contributed by atoms with Gasteiger partial charge in [-0.3, -0.25) is 9.69 Å². The fourth-order valence-corrected chi connectivity index (χ4v) is 5.34. The lowest BCUT2D eigenvalue weighted by Gasteiger charge is -2.41. The van der Waals surface area contributed by atoms with Gasteiger partial charge in [0.1, 0.15) is 10.6 Å². The second-order valence-electron chi connectivity index (χ2n) is 8.87. The van der Waals surface area contributed by atoms with E-state index in [0.717, 1.165) is 36.3 Å². The number of benzene rings is 2. The fraction of sp³-hybridized carbons (Fsp3) is 0.333. The van der Waals surface area contributed by atoms with E-state index in [1.807, 2.05) is 36.6 Å². The van der Waals surface area contributed by atoms with E-state index in [-0.39, 0.29) is 12.5 Å². The Bertz CT molecular complexity index is 1150. The molecule has 2 heterocycles. The normalized spacial score (nSPS) is 16.4. The van der Waals surface area contributed by atoms with E-state index in [1.54, 1.807) is 0 Å². The van der Waals surface area contributed by atoms with Crippen LogP contribution in [0.15, 0.2) is 53.9 Å². The molecule has 1 amide bonds. The molecule has 34 heavy (non-hydrogen) atoms. The zero-order chi connectivity index (χ0) is 24.2. The Morgan fingerprint density at radius 3 is 2.29 bits per heavy atom. The lowest BCUT2D eigenvalue weighted by molar-refractivity contribution is -0.117. The number of carbonyl (C=O) groups is 2. The predicted octanol–water partition coefficient (Wildman–Crippen LogP) is 4.97. The molecule has 1 unspecified atom stereocenters. The number of methoxy groups -OCH3 is 1. The number of thiophene rings is 1. The number of carbonyl (C=O) groups excluding carboxylic acids is 2. The maximum atomic E-state index is 12.9. The summed E-state index contributed by atoms with van der Waals surface area (Å²) in [7, 11) is 1.36. The Labute approximate surface area is 205 Å². The second-order valence-corrected chi connectivity index (χ2v) is 9.75. The minimum Gasteiger partial charge on any atom is -0.465 e. The minimum atomic E-state index is -0.451. The molecule has 6 nitrogen and oxygen atoms in total. The van der Waals surface area contributed by atoms with Gasteiger partial charge in [-0.2, -0.15) is 0 Å². The molecule has 1 aliphatic heterocycles. The van der Waals surface area contributed by atoms with E-state index in [4.69, 9.17) is 4.74 Å². The molecule has 0 bridgehead atoms. The van der Waals surface area contributed by atoms with Crippen LogP contribution in [0.5, 0.6) is 0 Å². The number of nitrogens with one attached hydrogen (secondary N) is 1. The molecule has 3 aromatic rings. The Morgan fingerprint density at radius 1 is 1.03 bits per heavy atom. The van der Waals surface area contributed by atoms with Crippen LogP contribution in [0.1, 0.15) is 28.4 Å². The van der Waals surface area contributed by atoms with Gasteiger partial charge in [0.15, 0.2) is 0 Å². The highest BCUT2D eigenvalue weighted by Gasteiger charge is 2.27. The number of hydrogen-bond acceptors (Lipinski definition) is 6. The van der Waals surface area contributed by atoms with Gasteiger partial charge < -0.3 is 15.0 Å². The van der Waals surface area contributed by atoms with E-state index in [2.05, 4.69) is 53.2 Å². The van der Waals surface area contributed by atoms with Crippen molar-refractivity contribution in [2.24, 2.45) is 0 Å². The minimum absolute atomic E-state index is 0.126. The summed E-state index contributed by atoms with van der Waals surface area (Å²) in [5, 5.41) is 5.39. The number of anilines is 2. The monoisotopic (exact) mass is 477 g/mol. The summed E-state index contributed by atoms with van der Waals surface area (Å²) in [6.45, 7) is 9.04. The molecule has 178 valence electrons. The SMILES string of the molecule is COC(=O)c1c(-c2ccc(C)cc2)csc1NC(=O)CN1CCN(c2ccc(C)cc2)C(C)C1. The molecule has 0 aliphatic carbocycles. The maximum absolute atomic E-state index is 12.9. The molecule has 0 saturated carbocycles. The average molecular weight is 478 g/mol. The molecule has 7 heteroatoms. The number of nitrogens with zero attached hydrogens (tertiary/aromatic N) is 2. The van der Waals surface area contributed by atoms with Gasteiger partial charge >= 0.3 is 5.97 Å². The first-order valence-corrected chi connectivity index (χ1v) is 12.4. The summed E-state index contributed by atoms with van der Waals surface area (Å²) >= 11 is 1.35. The molecular formula is C27H31N3O3S. The number of amides is 1. The van der Waals surface area contributed by atoms with Gasteiger partial charge in [0, 0.05) is 42.3 Å². The van der Waals surface area contributed by atoms with Crippen molar-refractivity contribution in [1.82, 2.24) is 4.90 Å². The van der Waals surface area contributed by atoms with Crippen LogP contribution in [0, 0.1) is 13.8 Å².